The molecule has 27 heteroatoms. The van der Waals surface area contributed by atoms with Gasteiger partial charge in [-0.15, -0.1) is 0 Å². The van der Waals surface area contributed by atoms with Crippen LogP contribution in [0.15, 0.2) is 0 Å². The molecule has 152 valence electrons. The zero-order chi connectivity index (χ0) is 21.6. The second-order valence-electron chi connectivity index (χ2n) is 2.04. The third-order valence-corrected chi connectivity index (χ3v) is 0. The van der Waals surface area contributed by atoms with E-state index in [9.17, 15) is 0 Å². The molecule has 2 amide bonds. The molecule has 0 aliphatic carbocycles. The van der Waals surface area contributed by atoms with Gasteiger partial charge >= 0.3 is 157 Å². The van der Waals surface area contributed by atoms with Crippen LogP contribution in [0.2, 0.25) is 0 Å². The van der Waals surface area contributed by atoms with Crippen LogP contribution in [0.1, 0.15) is 0 Å². The maximum absolute atomic E-state index is 9.00. The first-order valence-electron chi connectivity index (χ1n) is 3.45. The number of hydrogen-bond donors (Lipinski definition) is 2. The number of hydrogen-bond acceptors (Lipinski definition) is 17. The van der Waals surface area contributed by atoms with E-state index in [0.717, 1.165) is 0 Å². The van der Waals surface area contributed by atoms with Gasteiger partial charge in [0, 0.05) is 41.6 Å². The van der Waals surface area contributed by atoms with Gasteiger partial charge in [0.15, 0.2) is 0 Å². The molecule has 0 unspecified atom stereocenters. The van der Waals surface area contributed by atoms with E-state index >= 15 is 0 Å². The number of urea groups is 1. The van der Waals surface area contributed by atoms with Crippen LogP contribution in [0.4, 0.5) is 4.79 Å². The topological polar surface area (TPSA) is 390 Å². The third kappa shape index (κ3) is 1720. The molecule has 0 aromatic heterocycles. The van der Waals surface area contributed by atoms with Crippen molar-refractivity contribution in [2.75, 3.05) is 0 Å². The van der Waals surface area contributed by atoms with Crippen LogP contribution < -0.4 is 11.5 Å². The average Bonchev–Trinajstić information content (AvgIpc) is 1.82. The Kier molecular flexibility index (Phi) is 59.7. The van der Waals surface area contributed by atoms with Gasteiger partial charge in [0.2, 0.25) is 0 Å². The molecule has 0 bridgehead atoms. The summed E-state index contributed by atoms with van der Waals surface area (Å²) in [5.74, 6) is 0. The Morgan fingerprint density at radius 1 is 0.429 bits per heavy atom. The van der Waals surface area contributed by atoms with Gasteiger partial charge in [-0.05, 0) is 0 Å². The van der Waals surface area contributed by atoms with Crippen molar-refractivity contribution < 1.29 is 74.9 Å². The van der Waals surface area contributed by atoms with Crippen molar-refractivity contribution in [1.82, 2.24) is 0 Å². The van der Waals surface area contributed by atoms with Gasteiger partial charge in [0.05, 0.1) is 0 Å². The molecule has 19 nitrogen and oxygen atoms in total. The van der Waals surface area contributed by atoms with Gasteiger partial charge in [-0.2, -0.15) is 0 Å². The Bertz CT molecular complexity index is 581. The largest absolute Gasteiger partial charge is 2.00 e. The van der Waals surface area contributed by atoms with E-state index < -0.39 is 47.6 Å². The van der Waals surface area contributed by atoms with Gasteiger partial charge in [0.25, 0.3) is 0 Å². The fourth-order valence-electron chi connectivity index (χ4n) is 0. The molecule has 0 atom stereocenters. The van der Waals surface area contributed by atoms with E-state index in [2.05, 4.69) is 11.5 Å². The third-order valence-electron chi connectivity index (χ3n) is 0. The van der Waals surface area contributed by atoms with Crippen LogP contribution in [0.25, 0.3) is 0 Å². The van der Waals surface area contributed by atoms with E-state index in [1.54, 1.807) is 0 Å². The normalized spacial score (nSPS) is 9.14. The van der Waals surface area contributed by atoms with Crippen molar-refractivity contribution in [3.63, 3.8) is 0 Å². The molecule has 0 aromatic rings. The maximum Gasteiger partial charge on any atom is 2.00 e. The van der Waals surface area contributed by atoms with Gasteiger partial charge in [-0.25, -0.2) is 4.79 Å². The zero-order valence-electron chi connectivity index (χ0n) is 13.1. The molecular formula is CH4Ca4N2O17S4. The van der Waals surface area contributed by atoms with Crippen molar-refractivity contribution in [1.29, 1.82) is 0 Å². The summed E-state index contributed by atoms with van der Waals surface area (Å²) in [6.07, 6.45) is 0. The molecule has 0 fully saturated rings. The van der Waals surface area contributed by atoms with E-state index in [1.807, 2.05) is 0 Å². The molecule has 0 saturated carbocycles. The number of carbonyl (C=O) groups excluding carboxylic acids is 1. The number of primary amides is 2. The number of rotatable bonds is 0. The second kappa shape index (κ2) is 28.8. The van der Waals surface area contributed by atoms with Crippen LogP contribution >= 0.6 is 0 Å². The fourth-order valence-corrected chi connectivity index (χ4v) is 0. The standard InChI is InChI=1S/CH4N2O.4Ca.4H2O4S/c2-1(3)4;;;;;4*1-5(2,3)4/h(H4,2,3,4);;;;;4*(H2,1,2,3,4)/q;4*+2;;;;/p-8. The van der Waals surface area contributed by atoms with Crippen molar-refractivity contribution in [3.05, 3.63) is 0 Å². The first kappa shape index (κ1) is 58.0. The molecule has 0 aliphatic heterocycles. The molecule has 0 aliphatic rings. The minimum absolute atomic E-state index is 0. The number of nitrogens with two attached hydrogens (primary N) is 2. The van der Waals surface area contributed by atoms with Crippen LogP contribution in [0.5, 0.6) is 0 Å². The predicted molar refractivity (Wildman–Crippen MR) is 78.7 cm³/mol. The second-order valence-corrected chi connectivity index (χ2v) is 5.30. The smallest absolute Gasteiger partial charge is 0.759 e. The van der Waals surface area contributed by atoms with Gasteiger partial charge < -0.3 is 47.9 Å². The SMILES string of the molecule is NC(N)=O.O=S(=O)([O-])[O-].O=S(=O)([O-])[O-].O=S(=O)([O-])[O-].O=S(=O)([O-])[O-].[Ca+2].[Ca+2].[Ca+2].[Ca+2]. The maximum atomic E-state index is 9.00. The average molecular weight is 605 g/mol. The molecular weight excluding hydrogens is 601 g/mol. The van der Waals surface area contributed by atoms with E-state index in [-0.39, 0.29) is 151 Å². The minimum atomic E-state index is -5.17. The molecule has 0 saturated heterocycles. The van der Waals surface area contributed by atoms with Crippen LogP contribution in [-0.4, -0.2) is 227 Å². The molecule has 0 radical (unpaired) electrons. The van der Waals surface area contributed by atoms with Crippen molar-refractivity contribution in [2.24, 2.45) is 11.5 Å². The van der Waals surface area contributed by atoms with Crippen molar-refractivity contribution in [3.8, 4) is 0 Å². The van der Waals surface area contributed by atoms with E-state index in [4.69, 9.17) is 74.9 Å². The Balaban J connectivity index is -0.0000000223. The molecule has 0 heterocycles. The summed E-state index contributed by atoms with van der Waals surface area (Å²) in [6.45, 7) is 0. The summed E-state index contributed by atoms with van der Waals surface area (Å²) >= 11 is 0. The monoisotopic (exact) mass is 604 g/mol. The molecule has 0 spiro atoms. The fraction of sp³-hybridized carbons (Fsp3) is 0. The quantitative estimate of drug-likeness (QED) is 0.147. The van der Waals surface area contributed by atoms with Crippen molar-refractivity contribution in [2.45, 2.75) is 0 Å². The predicted octanol–water partition coefficient (Wildman–Crippen LogP) is -7.85. The zero-order valence-corrected chi connectivity index (χ0v) is 25.2. The summed E-state index contributed by atoms with van der Waals surface area (Å²) in [5, 5.41) is 0. The summed E-state index contributed by atoms with van der Waals surface area (Å²) in [6, 6.07) is -0.833. The number of amides is 2. The Labute approximate surface area is 279 Å². The van der Waals surface area contributed by atoms with Crippen LogP contribution in [0.3, 0.4) is 0 Å². The van der Waals surface area contributed by atoms with Crippen LogP contribution in [-0.2, 0) is 41.6 Å². The summed E-state index contributed by atoms with van der Waals surface area (Å²) in [5.41, 5.74) is 8.50. The summed E-state index contributed by atoms with van der Waals surface area (Å²) in [7, 11) is -20.7. The Morgan fingerprint density at radius 2 is 0.429 bits per heavy atom. The minimum Gasteiger partial charge on any atom is -0.759 e. The van der Waals surface area contributed by atoms with Crippen molar-refractivity contribution >= 4 is 199 Å². The summed E-state index contributed by atoms with van der Waals surface area (Å²) in [4.78, 5) is 9.00. The molecule has 0 rings (SSSR count). The molecule has 28 heavy (non-hydrogen) atoms. The van der Waals surface area contributed by atoms with E-state index in [1.165, 1.54) is 0 Å². The molecule has 0 aromatic carbocycles. The van der Waals surface area contributed by atoms with E-state index in [0.29, 0.717) is 0 Å². The Morgan fingerprint density at radius 3 is 0.429 bits per heavy atom. The number of carbonyl (C=O) groups is 1. The van der Waals surface area contributed by atoms with Gasteiger partial charge in [-0.1, -0.05) is 0 Å². The van der Waals surface area contributed by atoms with Gasteiger partial charge in [-0.3, -0.25) is 33.7 Å². The summed E-state index contributed by atoms with van der Waals surface area (Å²) < 4.78 is 136. The Hall–Kier alpha value is 3.79. The van der Waals surface area contributed by atoms with Crippen LogP contribution in [0, 0.1) is 0 Å². The molecule has 4 N–H and O–H groups in total. The van der Waals surface area contributed by atoms with Gasteiger partial charge in [0.1, 0.15) is 0 Å². The first-order valence-corrected chi connectivity index (χ1v) is 8.78. The first-order chi connectivity index (χ1) is 9.73.